The second kappa shape index (κ2) is 9.96. The number of nitrogens with zero attached hydrogens (tertiary/aromatic N) is 2. The molecule has 150 valence electrons. The number of unbranched alkanes of at least 4 members (excludes halogenated alkanes) is 2. The molecule has 3 nitrogen and oxygen atoms in total. The summed E-state index contributed by atoms with van der Waals surface area (Å²) in [7, 11) is 0. The highest BCUT2D eigenvalue weighted by molar-refractivity contribution is 5.82. The van der Waals surface area contributed by atoms with E-state index in [0.29, 0.717) is 12.1 Å². The van der Waals surface area contributed by atoms with Crippen molar-refractivity contribution in [2.24, 2.45) is 10.2 Å². The fourth-order valence-corrected chi connectivity index (χ4v) is 2.42. The van der Waals surface area contributed by atoms with E-state index in [1.165, 1.54) is 18.2 Å². The van der Waals surface area contributed by atoms with Crippen LogP contribution >= 0.6 is 0 Å². The Balaban J connectivity index is 1.98. The molecule has 2 rings (SSSR count). The van der Waals surface area contributed by atoms with Crippen LogP contribution in [0.5, 0.6) is 5.75 Å². The number of alkyl halides is 3. The minimum absolute atomic E-state index is 0.0899. The van der Waals surface area contributed by atoms with E-state index >= 15 is 0 Å². The van der Waals surface area contributed by atoms with Gasteiger partial charge in [-0.2, -0.15) is 10.2 Å². The van der Waals surface area contributed by atoms with Crippen LogP contribution in [0.3, 0.4) is 0 Å². The van der Waals surface area contributed by atoms with E-state index in [2.05, 4.69) is 21.9 Å². The molecule has 2 aromatic carbocycles. The van der Waals surface area contributed by atoms with E-state index < -0.39 is 23.7 Å². The second-order valence-electron chi connectivity index (χ2n) is 6.05. The van der Waals surface area contributed by atoms with Crippen molar-refractivity contribution in [1.29, 1.82) is 0 Å². The molecule has 0 fully saturated rings. The molecule has 28 heavy (non-hydrogen) atoms. The van der Waals surface area contributed by atoms with Gasteiger partial charge in [0.05, 0.1) is 12.4 Å². The second-order valence-corrected chi connectivity index (χ2v) is 6.05. The molecule has 0 aliphatic rings. The first-order valence-electron chi connectivity index (χ1n) is 8.68. The van der Waals surface area contributed by atoms with Gasteiger partial charge in [0.2, 0.25) is 5.75 Å². The summed E-state index contributed by atoms with van der Waals surface area (Å²) in [6.45, 7) is 2.15. The highest BCUT2D eigenvalue weighted by atomic mass is 19.4. The number of benzene rings is 2. The summed E-state index contributed by atoms with van der Waals surface area (Å²) in [5.74, 6) is -4.48. The van der Waals surface area contributed by atoms with Gasteiger partial charge in [-0.25, -0.2) is 8.78 Å². The smallest absolute Gasteiger partial charge is 0.399 e. The lowest BCUT2D eigenvalue weighted by molar-refractivity contribution is -0.276. The molecule has 0 aliphatic heterocycles. The van der Waals surface area contributed by atoms with Crippen molar-refractivity contribution in [3.8, 4) is 5.75 Å². The van der Waals surface area contributed by atoms with E-state index in [9.17, 15) is 22.0 Å². The Morgan fingerprint density at radius 1 is 0.893 bits per heavy atom. The van der Waals surface area contributed by atoms with Gasteiger partial charge in [-0.15, -0.1) is 13.2 Å². The third kappa shape index (κ3) is 7.09. The highest BCUT2D eigenvalue weighted by Gasteiger charge is 2.34. The van der Waals surface area contributed by atoms with Crippen molar-refractivity contribution in [3.63, 3.8) is 0 Å². The molecular formula is C20H19F5N2O. The van der Waals surface area contributed by atoms with Crippen LogP contribution < -0.4 is 4.74 Å². The van der Waals surface area contributed by atoms with Crippen molar-refractivity contribution < 1.29 is 26.7 Å². The van der Waals surface area contributed by atoms with Crippen molar-refractivity contribution in [3.05, 3.63) is 64.7 Å². The summed E-state index contributed by atoms with van der Waals surface area (Å²) in [5, 5.41) is 7.43. The maximum absolute atomic E-state index is 13.6. The third-order valence-corrected chi connectivity index (χ3v) is 3.77. The van der Waals surface area contributed by atoms with Crippen molar-refractivity contribution in [2.45, 2.75) is 39.0 Å². The third-order valence-electron chi connectivity index (χ3n) is 3.77. The summed E-state index contributed by atoms with van der Waals surface area (Å²) >= 11 is 0. The van der Waals surface area contributed by atoms with Crippen LogP contribution in [0, 0.1) is 11.6 Å². The summed E-state index contributed by atoms with van der Waals surface area (Å²) in [4.78, 5) is 0. The fraction of sp³-hybridized carbons (Fsp3) is 0.300. The topological polar surface area (TPSA) is 34.0 Å². The molecule has 0 aliphatic carbocycles. The molecule has 0 spiro atoms. The minimum Gasteiger partial charge on any atom is -0.399 e. The number of ether oxygens (including phenoxy) is 1. The zero-order valence-electron chi connectivity index (χ0n) is 15.1. The van der Waals surface area contributed by atoms with Gasteiger partial charge < -0.3 is 4.74 Å². The van der Waals surface area contributed by atoms with Gasteiger partial charge in [0.1, 0.15) is 0 Å². The maximum atomic E-state index is 13.6. The normalized spacial score (nSPS) is 12.2. The standard InChI is InChI=1S/C20H19F5N2O/c1-2-3-4-5-14-6-8-15(9-7-14)12-26-27-13-16-10-17(21)19(18(22)11-16)28-20(23,24)25/h6-13H,2-5H2,1H3/b26-12+,27-13-. The molecule has 0 atom stereocenters. The largest absolute Gasteiger partial charge is 0.573 e. The lowest BCUT2D eigenvalue weighted by Crippen LogP contribution is -2.19. The van der Waals surface area contributed by atoms with Crippen molar-refractivity contribution in [2.75, 3.05) is 0 Å². The Morgan fingerprint density at radius 2 is 1.46 bits per heavy atom. The molecule has 0 heterocycles. The molecule has 0 amide bonds. The molecule has 0 aromatic heterocycles. The molecule has 0 saturated heterocycles. The lowest BCUT2D eigenvalue weighted by atomic mass is 10.1. The monoisotopic (exact) mass is 398 g/mol. The highest BCUT2D eigenvalue weighted by Crippen LogP contribution is 2.29. The molecule has 2 aromatic rings. The quantitative estimate of drug-likeness (QED) is 0.231. The minimum atomic E-state index is -5.19. The van der Waals surface area contributed by atoms with Gasteiger partial charge in [-0.1, -0.05) is 44.0 Å². The summed E-state index contributed by atoms with van der Waals surface area (Å²) in [5.41, 5.74) is 1.93. The summed E-state index contributed by atoms with van der Waals surface area (Å²) in [6, 6.07) is 9.09. The fourth-order valence-electron chi connectivity index (χ4n) is 2.42. The number of hydrogen-bond acceptors (Lipinski definition) is 3. The molecule has 8 heteroatoms. The molecular weight excluding hydrogens is 379 g/mol. The van der Waals surface area contributed by atoms with E-state index in [1.54, 1.807) is 0 Å². The number of aryl methyl sites for hydroxylation is 1. The first-order valence-corrected chi connectivity index (χ1v) is 8.68. The number of halogens is 5. The molecule has 0 N–H and O–H groups in total. The first kappa shape index (κ1) is 21.5. The van der Waals surface area contributed by atoms with Gasteiger partial charge in [0, 0.05) is 5.56 Å². The van der Waals surface area contributed by atoms with Crippen LogP contribution in [0.4, 0.5) is 22.0 Å². The first-order chi connectivity index (χ1) is 13.3. The van der Waals surface area contributed by atoms with Crippen LogP contribution in [0.15, 0.2) is 46.6 Å². The molecule has 0 bridgehead atoms. The molecule has 0 unspecified atom stereocenters. The zero-order valence-corrected chi connectivity index (χ0v) is 15.1. The Labute approximate surface area is 159 Å². The van der Waals surface area contributed by atoms with E-state index in [4.69, 9.17) is 0 Å². The summed E-state index contributed by atoms with van der Waals surface area (Å²) < 4.78 is 66.9. The predicted octanol–water partition coefficient (Wildman–Crippen LogP) is 6.05. The maximum Gasteiger partial charge on any atom is 0.573 e. The Bertz CT molecular complexity index is 806. The number of hydrogen-bond donors (Lipinski definition) is 0. The van der Waals surface area contributed by atoms with Gasteiger partial charge in [-0.05, 0) is 36.1 Å². The lowest BCUT2D eigenvalue weighted by Gasteiger charge is -2.10. The van der Waals surface area contributed by atoms with Gasteiger partial charge in [0.15, 0.2) is 11.6 Å². The van der Waals surface area contributed by atoms with Crippen molar-refractivity contribution >= 4 is 12.4 Å². The molecule has 0 saturated carbocycles. The van der Waals surface area contributed by atoms with Gasteiger partial charge in [0.25, 0.3) is 0 Å². The Morgan fingerprint density at radius 3 is 2.00 bits per heavy atom. The van der Waals surface area contributed by atoms with Crippen molar-refractivity contribution in [1.82, 2.24) is 0 Å². The Hall–Kier alpha value is -2.77. The predicted molar refractivity (Wildman–Crippen MR) is 97.9 cm³/mol. The van der Waals surface area contributed by atoms with Crippen LogP contribution in [-0.4, -0.2) is 18.8 Å². The summed E-state index contributed by atoms with van der Waals surface area (Å²) in [6.07, 6.45) is 1.78. The average molecular weight is 398 g/mol. The van der Waals surface area contributed by atoms with Crippen LogP contribution in [0.2, 0.25) is 0 Å². The molecule has 0 radical (unpaired) electrons. The van der Waals surface area contributed by atoms with E-state index in [0.717, 1.165) is 31.0 Å². The van der Waals surface area contributed by atoms with Crippen LogP contribution in [0.1, 0.15) is 42.9 Å². The van der Waals surface area contributed by atoms with E-state index in [-0.39, 0.29) is 5.56 Å². The number of rotatable bonds is 8. The van der Waals surface area contributed by atoms with Gasteiger partial charge in [-0.3, -0.25) is 0 Å². The van der Waals surface area contributed by atoms with Crippen LogP contribution in [0.25, 0.3) is 0 Å². The van der Waals surface area contributed by atoms with Crippen LogP contribution in [-0.2, 0) is 6.42 Å². The average Bonchev–Trinajstić information content (AvgIpc) is 2.62. The van der Waals surface area contributed by atoms with E-state index in [1.807, 2.05) is 24.3 Å². The SMILES string of the molecule is CCCCCc1ccc(/C=N/N=C\c2cc(F)c(OC(F)(F)F)c(F)c2)cc1. The van der Waals surface area contributed by atoms with Gasteiger partial charge >= 0.3 is 6.36 Å². The zero-order chi connectivity index (χ0) is 20.6. The Kier molecular flexibility index (Phi) is 7.66.